The maximum absolute atomic E-state index is 10.7. The van der Waals surface area contributed by atoms with Crippen LogP contribution in [0.3, 0.4) is 0 Å². The second-order valence-electron chi connectivity index (χ2n) is 3.10. The summed E-state index contributed by atoms with van der Waals surface area (Å²) in [5, 5.41) is 12.0. The molecule has 0 radical (unpaired) electrons. The van der Waals surface area contributed by atoms with Gasteiger partial charge in [0.15, 0.2) is 0 Å². The van der Waals surface area contributed by atoms with Crippen LogP contribution in [0.2, 0.25) is 0 Å². The molecule has 5 nitrogen and oxygen atoms in total. The molecule has 1 atom stereocenters. The number of methoxy groups -OCH3 is 1. The van der Waals surface area contributed by atoms with Crippen molar-refractivity contribution in [1.29, 1.82) is 0 Å². The number of nitrogens with zero attached hydrogens (tertiary/aromatic N) is 1. The smallest absolute Gasteiger partial charge is 0.406 e. The summed E-state index contributed by atoms with van der Waals surface area (Å²) < 4.78 is 4.38. The Morgan fingerprint density at radius 2 is 2.23 bits per heavy atom. The van der Waals surface area contributed by atoms with Gasteiger partial charge in [-0.25, -0.2) is 4.79 Å². The number of likely N-dealkylation sites (tertiary alicyclic amines) is 1. The van der Waals surface area contributed by atoms with E-state index in [-0.39, 0.29) is 6.54 Å². The van der Waals surface area contributed by atoms with Crippen LogP contribution in [0.15, 0.2) is 0 Å². The normalized spacial score (nSPS) is 19.8. The van der Waals surface area contributed by atoms with Crippen molar-refractivity contribution in [1.82, 2.24) is 10.2 Å². The molecule has 1 rings (SSSR count). The molecule has 13 heavy (non-hydrogen) atoms. The molecule has 0 spiro atoms. The minimum Gasteiger partial charge on any atom is -0.453 e. The Morgan fingerprint density at radius 1 is 1.62 bits per heavy atom. The number of alkyl carbamates (subject to hydrolysis) is 1. The van der Waals surface area contributed by atoms with Gasteiger partial charge in [0.1, 0.15) is 6.23 Å². The number of carbonyl (C=O) groups is 1. The number of nitrogens with one attached hydrogen (secondary N) is 1. The zero-order chi connectivity index (χ0) is 9.68. The maximum atomic E-state index is 10.7. The van der Waals surface area contributed by atoms with E-state index in [1.54, 1.807) is 0 Å². The minimum atomic E-state index is -0.582. The van der Waals surface area contributed by atoms with Gasteiger partial charge in [-0.2, -0.15) is 0 Å². The molecule has 1 amide bonds. The Kier molecular flexibility index (Phi) is 3.98. The van der Waals surface area contributed by atoms with Crippen molar-refractivity contribution in [2.75, 3.05) is 26.7 Å². The first-order chi connectivity index (χ1) is 6.24. The Morgan fingerprint density at radius 3 is 2.77 bits per heavy atom. The predicted octanol–water partition coefficient (Wildman–Crippen LogP) is -0.243. The van der Waals surface area contributed by atoms with Crippen LogP contribution < -0.4 is 5.32 Å². The highest BCUT2D eigenvalue weighted by atomic mass is 16.5. The van der Waals surface area contributed by atoms with E-state index in [0.717, 1.165) is 25.9 Å². The molecule has 0 bridgehead atoms. The SMILES string of the molecule is COC(=O)NCC(O)N1CCCC1. The van der Waals surface area contributed by atoms with Gasteiger partial charge < -0.3 is 15.2 Å². The van der Waals surface area contributed by atoms with E-state index in [1.165, 1.54) is 7.11 Å². The van der Waals surface area contributed by atoms with Crippen molar-refractivity contribution in [3.63, 3.8) is 0 Å². The molecule has 1 aliphatic heterocycles. The number of aliphatic hydroxyl groups excluding tert-OH is 1. The first-order valence-corrected chi connectivity index (χ1v) is 4.48. The standard InChI is InChI=1S/C8H16N2O3/c1-13-8(12)9-6-7(11)10-4-2-3-5-10/h7,11H,2-6H2,1H3,(H,9,12). The maximum Gasteiger partial charge on any atom is 0.406 e. The Hall–Kier alpha value is -0.810. The average Bonchev–Trinajstić information content (AvgIpc) is 2.66. The van der Waals surface area contributed by atoms with Gasteiger partial charge in [-0.3, -0.25) is 4.90 Å². The summed E-state index contributed by atoms with van der Waals surface area (Å²) in [7, 11) is 1.30. The molecular weight excluding hydrogens is 172 g/mol. The second-order valence-corrected chi connectivity index (χ2v) is 3.10. The quantitative estimate of drug-likeness (QED) is 0.641. The molecule has 5 heteroatoms. The summed E-state index contributed by atoms with van der Waals surface area (Å²) in [6.45, 7) is 2.04. The van der Waals surface area contributed by atoms with Gasteiger partial charge in [0.2, 0.25) is 0 Å². The zero-order valence-electron chi connectivity index (χ0n) is 7.82. The summed E-state index contributed by atoms with van der Waals surface area (Å²) >= 11 is 0. The van der Waals surface area contributed by atoms with Gasteiger partial charge in [0.25, 0.3) is 0 Å². The van der Waals surface area contributed by atoms with Crippen LogP contribution in [0.25, 0.3) is 0 Å². The van der Waals surface area contributed by atoms with E-state index in [2.05, 4.69) is 10.1 Å². The fourth-order valence-electron chi connectivity index (χ4n) is 1.42. The molecule has 1 heterocycles. The molecule has 1 aliphatic rings. The van der Waals surface area contributed by atoms with Gasteiger partial charge in [0, 0.05) is 13.1 Å². The van der Waals surface area contributed by atoms with Crippen LogP contribution >= 0.6 is 0 Å². The van der Waals surface area contributed by atoms with Gasteiger partial charge in [0.05, 0.1) is 13.7 Å². The number of aliphatic hydroxyl groups is 1. The third-order valence-electron chi connectivity index (χ3n) is 2.18. The number of hydrogen-bond acceptors (Lipinski definition) is 4. The van der Waals surface area contributed by atoms with E-state index < -0.39 is 12.3 Å². The molecule has 1 fully saturated rings. The van der Waals surface area contributed by atoms with E-state index in [4.69, 9.17) is 0 Å². The van der Waals surface area contributed by atoms with Gasteiger partial charge in [-0.15, -0.1) is 0 Å². The van der Waals surface area contributed by atoms with Crippen molar-refractivity contribution in [3.05, 3.63) is 0 Å². The summed E-state index contributed by atoms with van der Waals surface area (Å²) in [6, 6.07) is 0. The lowest BCUT2D eigenvalue weighted by Crippen LogP contribution is -2.42. The van der Waals surface area contributed by atoms with Gasteiger partial charge in [-0.1, -0.05) is 0 Å². The molecule has 2 N–H and O–H groups in total. The Labute approximate surface area is 77.7 Å². The first-order valence-electron chi connectivity index (χ1n) is 4.48. The summed E-state index contributed by atoms with van der Waals surface area (Å²) in [6.07, 6.45) is 1.16. The van der Waals surface area contributed by atoms with Gasteiger partial charge >= 0.3 is 6.09 Å². The molecule has 1 saturated heterocycles. The van der Waals surface area contributed by atoms with Crippen molar-refractivity contribution < 1.29 is 14.6 Å². The lowest BCUT2D eigenvalue weighted by Gasteiger charge is -2.21. The zero-order valence-corrected chi connectivity index (χ0v) is 7.82. The summed E-state index contributed by atoms with van der Waals surface area (Å²) in [4.78, 5) is 12.6. The number of ether oxygens (including phenoxy) is 1. The largest absolute Gasteiger partial charge is 0.453 e. The highest BCUT2D eigenvalue weighted by Crippen LogP contribution is 2.09. The third-order valence-corrected chi connectivity index (χ3v) is 2.18. The molecule has 0 aromatic rings. The number of amides is 1. The summed E-state index contributed by atoms with van der Waals surface area (Å²) in [5.41, 5.74) is 0. The fourth-order valence-corrected chi connectivity index (χ4v) is 1.42. The highest BCUT2D eigenvalue weighted by Gasteiger charge is 2.19. The van der Waals surface area contributed by atoms with Crippen LogP contribution in [-0.4, -0.2) is 49.1 Å². The van der Waals surface area contributed by atoms with E-state index in [9.17, 15) is 9.90 Å². The van der Waals surface area contributed by atoms with Crippen molar-refractivity contribution in [2.24, 2.45) is 0 Å². The number of rotatable bonds is 3. The molecule has 0 saturated carbocycles. The molecule has 1 unspecified atom stereocenters. The van der Waals surface area contributed by atoms with Crippen LogP contribution in [0.5, 0.6) is 0 Å². The monoisotopic (exact) mass is 188 g/mol. The molecular formula is C8H16N2O3. The lowest BCUT2D eigenvalue weighted by atomic mass is 10.4. The average molecular weight is 188 g/mol. The Balaban J connectivity index is 2.16. The van der Waals surface area contributed by atoms with Gasteiger partial charge in [-0.05, 0) is 12.8 Å². The van der Waals surface area contributed by atoms with Crippen LogP contribution in [0.4, 0.5) is 4.79 Å². The summed E-state index contributed by atoms with van der Waals surface area (Å²) in [5.74, 6) is 0. The van der Waals surface area contributed by atoms with Crippen molar-refractivity contribution in [2.45, 2.75) is 19.1 Å². The van der Waals surface area contributed by atoms with E-state index in [1.807, 2.05) is 4.90 Å². The molecule has 0 aromatic carbocycles. The number of carbonyl (C=O) groups excluding carboxylic acids is 1. The van der Waals surface area contributed by atoms with Crippen LogP contribution in [-0.2, 0) is 4.74 Å². The molecule has 76 valence electrons. The van der Waals surface area contributed by atoms with Crippen molar-refractivity contribution >= 4 is 6.09 Å². The van der Waals surface area contributed by atoms with Crippen LogP contribution in [0.1, 0.15) is 12.8 Å². The fraction of sp³-hybridized carbons (Fsp3) is 0.875. The predicted molar refractivity (Wildman–Crippen MR) is 47.2 cm³/mol. The third kappa shape index (κ3) is 3.20. The molecule has 0 aliphatic carbocycles. The lowest BCUT2D eigenvalue weighted by molar-refractivity contribution is 0.0213. The topological polar surface area (TPSA) is 61.8 Å². The van der Waals surface area contributed by atoms with E-state index >= 15 is 0 Å². The van der Waals surface area contributed by atoms with Crippen molar-refractivity contribution in [3.8, 4) is 0 Å². The minimum absolute atomic E-state index is 0.229. The highest BCUT2D eigenvalue weighted by molar-refractivity contribution is 5.66. The first kappa shape index (κ1) is 10.3. The van der Waals surface area contributed by atoms with Crippen LogP contribution in [0, 0.1) is 0 Å². The Bertz CT molecular complexity index is 169. The second kappa shape index (κ2) is 5.04. The van der Waals surface area contributed by atoms with E-state index in [0.29, 0.717) is 0 Å². The number of hydrogen-bond donors (Lipinski definition) is 2. The molecule has 0 aromatic heterocycles.